The molecule has 186 valence electrons. The van der Waals surface area contributed by atoms with E-state index in [2.05, 4.69) is 0 Å². The lowest BCUT2D eigenvalue weighted by atomic mass is 10.1. The largest absolute Gasteiger partial charge is 0.416 e. The van der Waals surface area contributed by atoms with Gasteiger partial charge in [0.15, 0.2) is 0 Å². The van der Waals surface area contributed by atoms with Gasteiger partial charge in [-0.25, -0.2) is 4.39 Å². The Kier molecular flexibility index (Phi) is 7.84. The predicted octanol–water partition coefficient (Wildman–Crippen LogP) is 6.05. The Balaban J connectivity index is 1.78. The van der Waals surface area contributed by atoms with Gasteiger partial charge >= 0.3 is 16.3 Å². The number of hydrogen-bond acceptors (Lipinski definition) is 4. The Bertz CT molecular complexity index is 1270. The molecule has 0 bridgehead atoms. The molecule has 1 atom stereocenters. The maximum absolute atomic E-state index is 13.1. The van der Waals surface area contributed by atoms with Crippen LogP contribution in [0.3, 0.4) is 0 Å². The number of halogens is 4. The average molecular weight is 510 g/mol. The van der Waals surface area contributed by atoms with Crippen LogP contribution in [0.25, 0.3) is 0 Å². The average Bonchev–Trinajstić information content (AvgIpc) is 2.82. The molecular formula is C25H23F4NO4S. The van der Waals surface area contributed by atoms with Crippen molar-refractivity contribution in [3.63, 3.8) is 0 Å². The third kappa shape index (κ3) is 6.60. The zero-order chi connectivity index (χ0) is 25.8. The summed E-state index contributed by atoms with van der Waals surface area (Å²) in [4.78, 5) is 14.3. The summed E-state index contributed by atoms with van der Waals surface area (Å²) in [7, 11) is -4.17. The molecule has 3 rings (SSSR count). The lowest BCUT2D eigenvalue weighted by Crippen LogP contribution is -2.37. The van der Waals surface area contributed by atoms with Crippen LogP contribution >= 0.6 is 0 Å². The Hall–Kier alpha value is -3.40. The van der Waals surface area contributed by atoms with Crippen molar-refractivity contribution in [3.05, 3.63) is 95.3 Å². The molecule has 1 unspecified atom stereocenters. The SMILES string of the molecule is CCC(C)N(Cc1ccc(OS(=O)(=O)c2ccc(F)cc2)cc1)C(=O)c1cccc(C(F)(F)F)c1. The first-order valence-corrected chi connectivity index (χ1v) is 12.1. The molecule has 0 aliphatic carbocycles. The molecule has 0 fully saturated rings. The van der Waals surface area contributed by atoms with E-state index in [4.69, 9.17) is 4.18 Å². The molecule has 10 heteroatoms. The molecule has 3 aromatic rings. The molecule has 5 nitrogen and oxygen atoms in total. The van der Waals surface area contributed by atoms with Gasteiger partial charge in [0.2, 0.25) is 0 Å². The van der Waals surface area contributed by atoms with Crippen molar-refractivity contribution < 1.29 is 35.0 Å². The van der Waals surface area contributed by atoms with Gasteiger partial charge in [-0.05, 0) is 73.5 Å². The third-order valence-corrected chi connectivity index (χ3v) is 6.67. The normalized spacial score (nSPS) is 12.7. The van der Waals surface area contributed by atoms with E-state index in [0.29, 0.717) is 12.0 Å². The van der Waals surface area contributed by atoms with Crippen LogP contribution in [0, 0.1) is 5.82 Å². The number of nitrogens with zero attached hydrogens (tertiary/aromatic N) is 1. The number of carbonyl (C=O) groups is 1. The van der Waals surface area contributed by atoms with Crippen LogP contribution in [-0.2, 0) is 22.8 Å². The van der Waals surface area contributed by atoms with Crippen LogP contribution in [0.1, 0.15) is 41.8 Å². The van der Waals surface area contributed by atoms with Gasteiger partial charge in [0.1, 0.15) is 16.5 Å². The number of alkyl halides is 3. The molecule has 0 saturated carbocycles. The summed E-state index contributed by atoms with van der Waals surface area (Å²) in [6, 6.07) is 14.1. The summed E-state index contributed by atoms with van der Waals surface area (Å²) in [6.07, 6.45) is -4.00. The number of carbonyl (C=O) groups excluding carboxylic acids is 1. The van der Waals surface area contributed by atoms with E-state index >= 15 is 0 Å². The molecule has 0 radical (unpaired) electrons. The standard InChI is InChI=1S/C25H23F4NO4S/c1-3-17(2)30(24(31)19-5-4-6-20(15-19)25(27,28)29)16-18-7-11-22(12-8-18)34-35(32,33)23-13-9-21(26)10-14-23/h4-15,17H,3,16H2,1-2H3. The van der Waals surface area contributed by atoms with Crippen molar-refractivity contribution in [2.24, 2.45) is 0 Å². The fourth-order valence-corrected chi connectivity index (χ4v) is 4.20. The Morgan fingerprint density at radius 3 is 2.20 bits per heavy atom. The minimum atomic E-state index is -4.57. The van der Waals surface area contributed by atoms with Crippen molar-refractivity contribution in [1.82, 2.24) is 4.90 Å². The van der Waals surface area contributed by atoms with E-state index in [0.717, 1.165) is 36.4 Å². The van der Waals surface area contributed by atoms with Gasteiger partial charge < -0.3 is 9.08 Å². The summed E-state index contributed by atoms with van der Waals surface area (Å²) in [5.74, 6) is -1.12. The van der Waals surface area contributed by atoms with Crippen LogP contribution in [0.5, 0.6) is 5.75 Å². The van der Waals surface area contributed by atoms with Gasteiger partial charge in [0.25, 0.3) is 5.91 Å². The van der Waals surface area contributed by atoms with Crippen molar-refractivity contribution in [3.8, 4) is 5.75 Å². The van der Waals surface area contributed by atoms with Crippen molar-refractivity contribution >= 4 is 16.0 Å². The maximum atomic E-state index is 13.1. The van der Waals surface area contributed by atoms with Gasteiger partial charge in [0.05, 0.1) is 5.56 Å². The first-order valence-electron chi connectivity index (χ1n) is 10.7. The summed E-state index contributed by atoms with van der Waals surface area (Å²) in [5.41, 5.74) is -0.362. The van der Waals surface area contributed by atoms with E-state index in [9.17, 15) is 30.8 Å². The number of amides is 1. The molecule has 0 spiro atoms. The Labute approximate surface area is 201 Å². The molecule has 3 aromatic carbocycles. The topological polar surface area (TPSA) is 63.7 Å². The minimum absolute atomic E-state index is 0.0115. The minimum Gasteiger partial charge on any atom is -0.379 e. The second kappa shape index (κ2) is 10.5. The van der Waals surface area contributed by atoms with Crippen molar-refractivity contribution in [2.75, 3.05) is 0 Å². The van der Waals surface area contributed by atoms with Crippen LogP contribution in [-0.4, -0.2) is 25.3 Å². The van der Waals surface area contributed by atoms with Gasteiger partial charge in [-0.3, -0.25) is 4.79 Å². The second-order valence-electron chi connectivity index (χ2n) is 7.90. The maximum Gasteiger partial charge on any atom is 0.416 e. The lowest BCUT2D eigenvalue weighted by molar-refractivity contribution is -0.137. The second-order valence-corrected chi connectivity index (χ2v) is 9.45. The number of benzene rings is 3. The smallest absolute Gasteiger partial charge is 0.379 e. The van der Waals surface area contributed by atoms with Crippen molar-refractivity contribution in [1.29, 1.82) is 0 Å². The first kappa shape index (κ1) is 26.2. The quantitative estimate of drug-likeness (QED) is 0.274. The van der Waals surface area contributed by atoms with E-state index in [1.165, 1.54) is 29.2 Å². The highest BCUT2D eigenvalue weighted by Crippen LogP contribution is 2.30. The van der Waals surface area contributed by atoms with E-state index < -0.39 is 33.6 Å². The predicted molar refractivity (Wildman–Crippen MR) is 122 cm³/mol. The van der Waals surface area contributed by atoms with Gasteiger partial charge in [-0.15, -0.1) is 0 Å². The molecule has 0 heterocycles. The summed E-state index contributed by atoms with van der Waals surface area (Å²) in [5, 5.41) is 0. The van der Waals surface area contributed by atoms with Crippen molar-refractivity contribution in [2.45, 2.75) is 43.9 Å². The summed E-state index contributed by atoms with van der Waals surface area (Å²) < 4.78 is 82.1. The highest BCUT2D eigenvalue weighted by molar-refractivity contribution is 7.87. The summed E-state index contributed by atoms with van der Waals surface area (Å²) in [6.45, 7) is 3.74. The molecule has 0 N–H and O–H groups in total. The van der Waals surface area contributed by atoms with Gasteiger partial charge in [0, 0.05) is 18.2 Å². The lowest BCUT2D eigenvalue weighted by Gasteiger charge is -2.29. The highest BCUT2D eigenvalue weighted by Gasteiger charge is 2.31. The Morgan fingerprint density at radius 2 is 1.63 bits per heavy atom. The molecule has 0 aliphatic heterocycles. The fraction of sp³-hybridized carbons (Fsp3) is 0.240. The van der Waals surface area contributed by atoms with E-state index in [-0.39, 0.29) is 28.8 Å². The van der Waals surface area contributed by atoms with Crippen LogP contribution in [0.2, 0.25) is 0 Å². The van der Waals surface area contributed by atoms with Gasteiger partial charge in [-0.1, -0.05) is 25.1 Å². The van der Waals surface area contributed by atoms with E-state index in [1.54, 1.807) is 19.1 Å². The Morgan fingerprint density at radius 1 is 1.00 bits per heavy atom. The van der Waals surface area contributed by atoms with E-state index in [1.807, 2.05) is 6.92 Å². The molecule has 0 saturated heterocycles. The molecule has 35 heavy (non-hydrogen) atoms. The highest BCUT2D eigenvalue weighted by atomic mass is 32.2. The zero-order valence-corrected chi connectivity index (χ0v) is 19.7. The monoisotopic (exact) mass is 509 g/mol. The van der Waals surface area contributed by atoms with Crippen LogP contribution in [0.4, 0.5) is 17.6 Å². The molecule has 1 amide bonds. The van der Waals surface area contributed by atoms with Crippen LogP contribution in [0.15, 0.2) is 77.7 Å². The number of rotatable bonds is 8. The zero-order valence-electron chi connectivity index (χ0n) is 18.9. The summed E-state index contributed by atoms with van der Waals surface area (Å²) >= 11 is 0. The first-order chi connectivity index (χ1) is 16.4. The molecule has 0 aromatic heterocycles. The van der Waals surface area contributed by atoms with Gasteiger partial charge in [-0.2, -0.15) is 21.6 Å². The fourth-order valence-electron chi connectivity index (χ4n) is 3.27. The van der Waals surface area contributed by atoms with Crippen LogP contribution < -0.4 is 4.18 Å². The molecule has 0 aliphatic rings. The number of hydrogen-bond donors (Lipinski definition) is 0. The molecular weight excluding hydrogens is 486 g/mol. The third-order valence-electron chi connectivity index (χ3n) is 5.41.